The summed E-state index contributed by atoms with van der Waals surface area (Å²) >= 11 is 0. The smallest absolute Gasteiger partial charge is 0.210 e. The Morgan fingerprint density at radius 3 is 2.50 bits per heavy atom. The summed E-state index contributed by atoms with van der Waals surface area (Å²) in [6.45, 7) is 0.453. The molecule has 2 saturated carbocycles. The van der Waals surface area contributed by atoms with E-state index >= 15 is 0 Å². The zero-order valence-corrected chi connectivity index (χ0v) is 10.8. The van der Waals surface area contributed by atoms with Crippen LogP contribution in [0.5, 0.6) is 0 Å². The molecule has 0 aromatic heterocycles. The molecule has 18 heavy (non-hydrogen) atoms. The molecule has 1 aromatic carbocycles. The minimum Gasteiger partial charge on any atom is -0.210 e. The van der Waals surface area contributed by atoms with Crippen molar-refractivity contribution in [3.63, 3.8) is 0 Å². The van der Waals surface area contributed by atoms with E-state index in [4.69, 9.17) is 0 Å². The van der Waals surface area contributed by atoms with Crippen LogP contribution in [0.1, 0.15) is 25.7 Å². The molecule has 2 aliphatic rings. The zero-order chi connectivity index (χ0) is 12.8. The zero-order valence-electron chi connectivity index (χ0n) is 10.0. The Labute approximate surface area is 106 Å². The summed E-state index contributed by atoms with van der Waals surface area (Å²) in [5, 5.41) is 0. The highest BCUT2D eigenvalue weighted by Gasteiger charge is 2.53. The van der Waals surface area contributed by atoms with Crippen molar-refractivity contribution in [2.75, 3.05) is 6.54 Å². The number of nitrogens with one attached hydrogen (secondary N) is 1. The van der Waals surface area contributed by atoms with Crippen LogP contribution in [0.15, 0.2) is 29.2 Å². The second kappa shape index (κ2) is 4.03. The van der Waals surface area contributed by atoms with Gasteiger partial charge in [-0.2, -0.15) is 0 Å². The van der Waals surface area contributed by atoms with Gasteiger partial charge in [0, 0.05) is 6.54 Å². The summed E-state index contributed by atoms with van der Waals surface area (Å²) in [4.78, 5) is -0.253. The van der Waals surface area contributed by atoms with Gasteiger partial charge in [0.1, 0.15) is 10.7 Å². The fourth-order valence-electron chi connectivity index (χ4n) is 2.56. The van der Waals surface area contributed by atoms with E-state index < -0.39 is 15.8 Å². The Bertz CT molecular complexity index is 562. The van der Waals surface area contributed by atoms with E-state index in [1.54, 1.807) is 0 Å². The minimum absolute atomic E-state index is 0.179. The average Bonchev–Trinajstić information content (AvgIpc) is 3.19. The van der Waals surface area contributed by atoms with E-state index in [0.717, 1.165) is 12.8 Å². The molecule has 3 nitrogen and oxygen atoms in total. The summed E-state index contributed by atoms with van der Waals surface area (Å²) in [5.74, 6) is -0.0120. The van der Waals surface area contributed by atoms with Gasteiger partial charge in [0.15, 0.2) is 0 Å². The van der Waals surface area contributed by atoms with Gasteiger partial charge in [-0.15, -0.1) is 0 Å². The van der Waals surface area contributed by atoms with Crippen LogP contribution in [-0.2, 0) is 10.0 Å². The third-order valence-electron chi connectivity index (χ3n) is 4.08. The SMILES string of the molecule is O=S(=O)(NCC1(C2CC2)CC1)c1ccccc1F. The minimum atomic E-state index is -3.71. The van der Waals surface area contributed by atoms with Crippen molar-refractivity contribution in [3.05, 3.63) is 30.1 Å². The highest BCUT2D eigenvalue weighted by Crippen LogP contribution is 2.60. The van der Waals surface area contributed by atoms with E-state index in [1.807, 2.05) is 0 Å². The van der Waals surface area contributed by atoms with Crippen LogP contribution in [0.25, 0.3) is 0 Å². The Morgan fingerprint density at radius 2 is 1.94 bits per heavy atom. The van der Waals surface area contributed by atoms with Crippen molar-refractivity contribution >= 4 is 10.0 Å². The summed E-state index contributed by atoms with van der Waals surface area (Å²) < 4.78 is 40.1. The lowest BCUT2D eigenvalue weighted by Gasteiger charge is -2.15. The second-order valence-corrected chi connectivity index (χ2v) is 7.13. The first-order valence-electron chi connectivity index (χ1n) is 6.28. The molecule has 1 N–H and O–H groups in total. The number of hydrogen-bond acceptors (Lipinski definition) is 2. The molecule has 0 amide bonds. The van der Waals surface area contributed by atoms with Gasteiger partial charge in [0.05, 0.1) is 0 Å². The Balaban J connectivity index is 1.73. The van der Waals surface area contributed by atoms with Crippen molar-refractivity contribution in [1.82, 2.24) is 4.72 Å². The number of benzene rings is 1. The summed E-state index contributed by atoms with van der Waals surface area (Å²) in [5.41, 5.74) is 0.179. The Hall–Kier alpha value is -0.940. The molecule has 98 valence electrons. The third kappa shape index (κ3) is 2.17. The van der Waals surface area contributed by atoms with Gasteiger partial charge < -0.3 is 0 Å². The molecule has 0 radical (unpaired) electrons. The maximum absolute atomic E-state index is 13.5. The molecule has 3 rings (SSSR count). The molecule has 0 bridgehead atoms. The molecule has 0 spiro atoms. The number of sulfonamides is 1. The first-order valence-corrected chi connectivity index (χ1v) is 7.76. The topological polar surface area (TPSA) is 46.2 Å². The van der Waals surface area contributed by atoms with Crippen molar-refractivity contribution in [3.8, 4) is 0 Å². The molecule has 0 unspecified atom stereocenters. The maximum Gasteiger partial charge on any atom is 0.243 e. The molecule has 0 heterocycles. The van der Waals surface area contributed by atoms with E-state index in [0.29, 0.717) is 12.5 Å². The Kier molecular flexibility index (Phi) is 2.71. The van der Waals surface area contributed by atoms with Gasteiger partial charge in [-0.3, -0.25) is 0 Å². The fourth-order valence-corrected chi connectivity index (χ4v) is 3.78. The van der Waals surface area contributed by atoms with Crippen LogP contribution < -0.4 is 4.72 Å². The summed E-state index contributed by atoms with van der Waals surface area (Å²) in [6.07, 6.45) is 4.61. The first kappa shape index (κ1) is 12.1. The van der Waals surface area contributed by atoms with Gasteiger partial charge >= 0.3 is 0 Å². The van der Waals surface area contributed by atoms with Crippen LogP contribution in [-0.4, -0.2) is 15.0 Å². The van der Waals surface area contributed by atoms with Gasteiger partial charge in [-0.1, -0.05) is 12.1 Å². The van der Waals surface area contributed by atoms with Gasteiger partial charge in [0.25, 0.3) is 0 Å². The van der Waals surface area contributed by atoms with Crippen LogP contribution >= 0.6 is 0 Å². The number of rotatable bonds is 5. The second-order valence-electron chi connectivity index (χ2n) is 5.39. The van der Waals surface area contributed by atoms with Gasteiger partial charge in [-0.05, 0) is 49.1 Å². The molecule has 1 aromatic rings. The van der Waals surface area contributed by atoms with E-state index in [9.17, 15) is 12.8 Å². The van der Waals surface area contributed by atoms with Crippen LogP contribution in [0.4, 0.5) is 4.39 Å². The van der Waals surface area contributed by atoms with Crippen molar-refractivity contribution in [2.24, 2.45) is 11.3 Å². The molecular formula is C13H16FNO2S. The predicted octanol–water partition coefficient (Wildman–Crippen LogP) is 2.29. The monoisotopic (exact) mass is 269 g/mol. The van der Waals surface area contributed by atoms with Crippen LogP contribution in [0.2, 0.25) is 0 Å². The molecule has 2 aliphatic carbocycles. The number of halogens is 1. The van der Waals surface area contributed by atoms with Crippen LogP contribution in [0, 0.1) is 17.2 Å². The van der Waals surface area contributed by atoms with E-state index in [-0.39, 0.29) is 10.3 Å². The molecular weight excluding hydrogens is 253 g/mol. The normalized spacial score (nSPS) is 21.8. The summed E-state index contributed by atoms with van der Waals surface area (Å²) in [6, 6.07) is 5.49. The lowest BCUT2D eigenvalue weighted by atomic mass is 10.0. The van der Waals surface area contributed by atoms with Gasteiger partial charge in [0.2, 0.25) is 10.0 Å². The molecule has 0 aliphatic heterocycles. The lowest BCUT2D eigenvalue weighted by molar-refractivity contribution is 0.431. The van der Waals surface area contributed by atoms with E-state index in [2.05, 4.69) is 4.72 Å². The summed E-state index contributed by atoms with van der Waals surface area (Å²) in [7, 11) is -3.71. The third-order valence-corrected chi connectivity index (χ3v) is 5.51. The maximum atomic E-state index is 13.5. The predicted molar refractivity (Wildman–Crippen MR) is 66.0 cm³/mol. The molecule has 0 saturated heterocycles. The van der Waals surface area contributed by atoms with Gasteiger partial charge in [-0.25, -0.2) is 17.5 Å². The molecule has 5 heteroatoms. The molecule has 0 atom stereocenters. The largest absolute Gasteiger partial charge is 0.243 e. The average molecular weight is 269 g/mol. The Morgan fingerprint density at radius 1 is 1.28 bits per heavy atom. The van der Waals surface area contributed by atoms with E-state index in [1.165, 1.54) is 37.1 Å². The standard InChI is InChI=1S/C13H16FNO2S/c14-11-3-1-2-4-12(11)18(16,17)15-9-13(7-8-13)10-5-6-10/h1-4,10,15H,5-9H2. The van der Waals surface area contributed by atoms with Crippen molar-refractivity contribution in [1.29, 1.82) is 0 Å². The quantitative estimate of drug-likeness (QED) is 0.891. The number of hydrogen-bond donors (Lipinski definition) is 1. The lowest BCUT2D eigenvalue weighted by Crippen LogP contribution is -2.31. The highest BCUT2D eigenvalue weighted by molar-refractivity contribution is 7.89. The fraction of sp³-hybridized carbons (Fsp3) is 0.538. The van der Waals surface area contributed by atoms with Crippen LogP contribution in [0.3, 0.4) is 0 Å². The van der Waals surface area contributed by atoms with Crippen molar-refractivity contribution < 1.29 is 12.8 Å². The first-order chi connectivity index (χ1) is 8.54. The highest BCUT2D eigenvalue weighted by atomic mass is 32.2. The molecule has 2 fully saturated rings. The van der Waals surface area contributed by atoms with Crippen molar-refractivity contribution in [2.45, 2.75) is 30.6 Å².